The van der Waals surface area contributed by atoms with Crippen molar-refractivity contribution in [3.8, 4) is 5.75 Å². The highest BCUT2D eigenvalue weighted by Gasteiger charge is 2.45. The van der Waals surface area contributed by atoms with Gasteiger partial charge in [0.1, 0.15) is 5.75 Å². The van der Waals surface area contributed by atoms with E-state index >= 15 is 0 Å². The summed E-state index contributed by atoms with van der Waals surface area (Å²) in [6, 6.07) is 8.64. The Morgan fingerprint density at radius 1 is 1.34 bits per heavy atom. The smallest absolute Gasteiger partial charge is 0.226 e. The molecule has 2 aromatic rings. The molecule has 0 radical (unpaired) electrons. The van der Waals surface area contributed by atoms with Crippen LogP contribution in [-0.2, 0) is 17.8 Å². The molecule has 1 saturated heterocycles. The van der Waals surface area contributed by atoms with Crippen molar-refractivity contribution in [3.05, 3.63) is 47.5 Å². The molecule has 1 saturated carbocycles. The molecule has 1 aliphatic heterocycles. The van der Waals surface area contributed by atoms with Gasteiger partial charge in [-0.15, -0.1) is 0 Å². The zero-order valence-electron chi connectivity index (χ0n) is 17.5. The number of nitrogens with zero attached hydrogens (tertiary/aromatic N) is 2. The van der Waals surface area contributed by atoms with Gasteiger partial charge in [0, 0.05) is 18.3 Å². The van der Waals surface area contributed by atoms with Crippen molar-refractivity contribution < 1.29 is 9.53 Å². The molecule has 2 heterocycles. The molecule has 4 rings (SSSR count). The van der Waals surface area contributed by atoms with Gasteiger partial charge in [-0.1, -0.05) is 18.6 Å². The molecule has 1 aliphatic carbocycles. The van der Waals surface area contributed by atoms with E-state index in [1.54, 1.807) is 13.4 Å². The quantitative estimate of drug-likeness (QED) is 0.787. The van der Waals surface area contributed by atoms with E-state index in [1.165, 1.54) is 18.4 Å². The molecule has 2 aliphatic rings. The number of carbonyl (C=O) groups is 1. The molecular formula is C23H32N4O2. The zero-order valence-corrected chi connectivity index (χ0v) is 17.5. The highest BCUT2D eigenvalue weighted by Crippen LogP contribution is 2.46. The standard InChI is InChI=1S/C23H32N4O2/c1-17-20(25-16-24-17)14-22(28)26-21-7-4-8-23(21)9-11-27(12-10-23)15-18-5-3-6-19(13-18)29-2/h3,5-6,13,16,21H,4,7-12,14-15H2,1-2H3,(H,24,25)(H,26,28). The first kappa shape index (κ1) is 20.0. The normalized spacial score (nSPS) is 21.4. The molecule has 1 amide bonds. The Morgan fingerprint density at radius 2 is 2.17 bits per heavy atom. The third-order valence-corrected chi connectivity index (χ3v) is 6.90. The number of methoxy groups -OCH3 is 1. The first-order chi connectivity index (χ1) is 14.1. The van der Waals surface area contributed by atoms with Crippen molar-refractivity contribution >= 4 is 5.91 Å². The number of imidazole rings is 1. The Bertz CT molecular complexity index is 839. The Hall–Kier alpha value is -2.34. The van der Waals surface area contributed by atoms with Crippen LogP contribution in [-0.4, -0.2) is 47.0 Å². The molecule has 1 spiro atoms. The lowest BCUT2D eigenvalue weighted by Crippen LogP contribution is -2.50. The third-order valence-electron chi connectivity index (χ3n) is 6.90. The lowest BCUT2D eigenvalue weighted by molar-refractivity contribution is -0.122. The van der Waals surface area contributed by atoms with Crippen molar-refractivity contribution in [3.63, 3.8) is 0 Å². The van der Waals surface area contributed by atoms with Crippen LogP contribution in [0.25, 0.3) is 0 Å². The van der Waals surface area contributed by atoms with Crippen LogP contribution in [0.15, 0.2) is 30.6 Å². The molecule has 2 N–H and O–H groups in total. The second-order valence-corrected chi connectivity index (χ2v) is 8.65. The number of benzene rings is 1. The van der Waals surface area contributed by atoms with Crippen molar-refractivity contribution in [1.82, 2.24) is 20.2 Å². The Labute approximate surface area is 173 Å². The molecule has 1 unspecified atom stereocenters. The maximum Gasteiger partial charge on any atom is 0.226 e. The van der Waals surface area contributed by atoms with Crippen LogP contribution in [0, 0.1) is 12.3 Å². The maximum atomic E-state index is 12.6. The highest BCUT2D eigenvalue weighted by atomic mass is 16.5. The van der Waals surface area contributed by atoms with E-state index < -0.39 is 0 Å². The zero-order chi connectivity index (χ0) is 20.3. The van der Waals surface area contributed by atoms with E-state index in [0.29, 0.717) is 12.5 Å². The van der Waals surface area contributed by atoms with E-state index in [9.17, 15) is 4.79 Å². The van der Waals surface area contributed by atoms with Crippen LogP contribution < -0.4 is 10.1 Å². The van der Waals surface area contributed by atoms with Gasteiger partial charge >= 0.3 is 0 Å². The number of H-pyrrole nitrogens is 1. The number of likely N-dealkylation sites (tertiary alicyclic amines) is 1. The second-order valence-electron chi connectivity index (χ2n) is 8.65. The van der Waals surface area contributed by atoms with Crippen LogP contribution in [0.1, 0.15) is 49.1 Å². The van der Waals surface area contributed by atoms with E-state index in [0.717, 1.165) is 56.0 Å². The molecule has 1 aromatic carbocycles. The first-order valence-electron chi connectivity index (χ1n) is 10.7. The maximum absolute atomic E-state index is 12.6. The van der Waals surface area contributed by atoms with Gasteiger partial charge in [0.05, 0.1) is 25.6 Å². The number of aromatic amines is 1. The number of rotatable bonds is 6. The number of carbonyl (C=O) groups excluding carboxylic acids is 1. The lowest BCUT2D eigenvalue weighted by atomic mass is 9.74. The molecule has 1 atom stereocenters. The Kier molecular flexibility index (Phi) is 5.90. The van der Waals surface area contributed by atoms with Crippen molar-refractivity contribution in [2.24, 2.45) is 5.41 Å². The molecule has 6 nitrogen and oxygen atoms in total. The number of ether oxygens (including phenoxy) is 1. The predicted octanol–water partition coefficient (Wildman–Crippen LogP) is 3.22. The number of amides is 1. The number of hydrogen-bond acceptors (Lipinski definition) is 4. The Morgan fingerprint density at radius 3 is 2.90 bits per heavy atom. The average Bonchev–Trinajstić information content (AvgIpc) is 3.30. The summed E-state index contributed by atoms with van der Waals surface area (Å²) in [5.74, 6) is 1.02. The summed E-state index contributed by atoms with van der Waals surface area (Å²) in [6.45, 7) is 5.09. The molecule has 29 heavy (non-hydrogen) atoms. The fraction of sp³-hybridized carbons (Fsp3) is 0.565. The summed E-state index contributed by atoms with van der Waals surface area (Å²) in [5, 5.41) is 3.36. The van der Waals surface area contributed by atoms with Crippen LogP contribution in [0.3, 0.4) is 0 Å². The summed E-state index contributed by atoms with van der Waals surface area (Å²) in [7, 11) is 1.71. The van der Waals surface area contributed by atoms with E-state index in [4.69, 9.17) is 4.74 Å². The molecule has 6 heteroatoms. The molecular weight excluding hydrogens is 364 g/mol. The fourth-order valence-corrected chi connectivity index (χ4v) is 5.11. The van der Waals surface area contributed by atoms with Gasteiger partial charge in [-0.25, -0.2) is 4.98 Å². The number of hydrogen-bond donors (Lipinski definition) is 2. The molecule has 0 bridgehead atoms. The SMILES string of the molecule is COc1cccc(CN2CCC3(CCCC3NC(=O)Cc3nc[nH]c3C)CC2)c1. The van der Waals surface area contributed by atoms with Gasteiger partial charge < -0.3 is 15.0 Å². The monoisotopic (exact) mass is 396 g/mol. The average molecular weight is 397 g/mol. The van der Waals surface area contributed by atoms with Gasteiger partial charge in [-0.05, 0) is 68.8 Å². The van der Waals surface area contributed by atoms with E-state index in [-0.39, 0.29) is 11.3 Å². The summed E-state index contributed by atoms with van der Waals surface area (Å²) in [4.78, 5) is 22.5. The van der Waals surface area contributed by atoms with Crippen LogP contribution in [0.2, 0.25) is 0 Å². The molecule has 1 aromatic heterocycles. The van der Waals surface area contributed by atoms with Gasteiger partial charge in [0.15, 0.2) is 0 Å². The molecule has 156 valence electrons. The topological polar surface area (TPSA) is 70.2 Å². The van der Waals surface area contributed by atoms with E-state index in [1.807, 2.05) is 13.0 Å². The minimum atomic E-state index is 0.102. The number of piperidine rings is 1. The number of nitrogens with one attached hydrogen (secondary N) is 2. The van der Waals surface area contributed by atoms with Crippen molar-refractivity contribution in [2.75, 3.05) is 20.2 Å². The van der Waals surface area contributed by atoms with Crippen LogP contribution >= 0.6 is 0 Å². The first-order valence-corrected chi connectivity index (χ1v) is 10.7. The largest absolute Gasteiger partial charge is 0.497 e. The summed E-state index contributed by atoms with van der Waals surface area (Å²) < 4.78 is 5.35. The summed E-state index contributed by atoms with van der Waals surface area (Å²) in [5.41, 5.74) is 3.39. The van der Waals surface area contributed by atoms with Gasteiger partial charge in [0.2, 0.25) is 5.91 Å². The van der Waals surface area contributed by atoms with Crippen LogP contribution in [0.4, 0.5) is 0 Å². The second kappa shape index (κ2) is 8.57. The highest BCUT2D eigenvalue weighted by molar-refractivity contribution is 5.78. The van der Waals surface area contributed by atoms with E-state index in [2.05, 4.69) is 38.4 Å². The summed E-state index contributed by atoms with van der Waals surface area (Å²) >= 11 is 0. The van der Waals surface area contributed by atoms with Gasteiger partial charge in [-0.2, -0.15) is 0 Å². The number of aromatic nitrogens is 2. The minimum absolute atomic E-state index is 0.102. The van der Waals surface area contributed by atoms with Gasteiger partial charge in [0.25, 0.3) is 0 Å². The van der Waals surface area contributed by atoms with Gasteiger partial charge in [-0.3, -0.25) is 9.69 Å². The Balaban J connectivity index is 1.32. The lowest BCUT2D eigenvalue weighted by Gasteiger charge is -2.43. The third kappa shape index (κ3) is 4.47. The number of aryl methyl sites for hydroxylation is 1. The van der Waals surface area contributed by atoms with Crippen LogP contribution in [0.5, 0.6) is 5.75 Å². The summed E-state index contributed by atoms with van der Waals surface area (Å²) in [6.07, 6.45) is 7.87. The molecule has 2 fully saturated rings. The minimum Gasteiger partial charge on any atom is -0.497 e. The predicted molar refractivity (Wildman–Crippen MR) is 113 cm³/mol. The van der Waals surface area contributed by atoms with Crippen molar-refractivity contribution in [2.45, 2.75) is 58.0 Å². The van der Waals surface area contributed by atoms with Crippen molar-refractivity contribution in [1.29, 1.82) is 0 Å². The fourth-order valence-electron chi connectivity index (χ4n) is 5.11.